The number of hydrogen-bond acceptors (Lipinski definition) is 3. The number of aliphatic carboxylic acids is 1. The number of nitrogens with zero attached hydrogens (tertiary/aromatic N) is 1. The summed E-state index contributed by atoms with van der Waals surface area (Å²) in [6, 6.07) is 8.21. The van der Waals surface area contributed by atoms with E-state index in [2.05, 4.69) is 6.58 Å². The van der Waals surface area contributed by atoms with E-state index < -0.39 is 29.4 Å². The van der Waals surface area contributed by atoms with Gasteiger partial charge in [-0.2, -0.15) is 0 Å². The van der Waals surface area contributed by atoms with Crippen LogP contribution in [0.5, 0.6) is 0 Å². The molecule has 0 aromatic heterocycles. The molecule has 6 nitrogen and oxygen atoms in total. The van der Waals surface area contributed by atoms with Crippen molar-refractivity contribution in [2.75, 3.05) is 6.54 Å². The molecular weight excluding hydrogens is 322 g/mol. The summed E-state index contributed by atoms with van der Waals surface area (Å²) in [5.74, 6) is -2.31. The molecule has 1 heterocycles. The van der Waals surface area contributed by atoms with Crippen LogP contribution < -0.4 is 0 Å². The fourth-order valence-electron chi connectivity index (χ4n) is 4.05. The molecule has 1 aromatic carbocycles. The summed E-state index contributed by atoms with van der Waals surface area (Å²) in [6.45, 7) is 7.36. The normalized spacial score (nSPS) is 26.9. The molecule has 1 saturated heterocycles. The second-order valence-electron chi connectivity index (χ2n) is 6.87. The van der Waals surface area contributed by atoms with Gasteiger partial charge in [0.1, 0.15) is 12.3 Å². The Morgan fingerprint density at radius 2 is 1.96 bits per heavy atom. The Morgan fingerprint density at radius 1 is 1.36 bits per heavy atom. The lowest BCUT2D eigenvalue weighted by Crippen LogP contribution is -2.51. The van der Waals surface area contributed by atoms with Gasteiger partial charge in [-0.25, -0.2) is 9.59 Å². The summed E-state index contributed by atoms with van der Waals surface area (Å²) in [5.41, 5.74) is 0.643. The first-order valence-corrected chi connectivity index (χ1v) is 8.10. The highest BCUT2D eigenvalue weighted by Crippen LogP contribution is 2.50. The van der Waals surface area contributed by atoms with Crippen molar-refractivity contribution in [3.63, 3.8) is 0 Å². The molecule has 0 radical (unpaired) electrons. The Bertz CT molecular complexity index is 686. The number of allylic oxidation sites excluding steroid dienone is 1. The van der Waals surface area contributed by atoms with Crippen molar-refractivity contribution in [3.8, 4) is 0 Å². The third kappa shape index (κ3) is 3.29. The SMILES string of the molecule is C=C(C)[C@@H](Cc1ccccc1)C1(C)C(C=O)CN(C(=O)O)C1C(=O)O. The van der Waals surface area contributed by atoms with Crippen molar-refractivity contribution in [3.05, 3.63) is 48.0 Å². The molecule has 0 bridgehead atoms. The lowest BCUT2D eigenvalue weighted by molar-refractivity contribution is -0.146. The molecule has 134 valence electrons. The van der Waals surface area contributed by atoms with Crippen molar-refractivity contribution in [2.24, 2.45) is 17.3 Å². The summed E-state index contributed by atoms with van der Waals surface area (Å²) in [4.78, 5) is 36.0. The van der Waals surface area contributed by atoms with Crippen LogP contribution in [0.3, 0.4) is 0 Å². The zero-order chi connectivity index (χ0) is 18.8. The smallest absolute Gasteiger partial charge is 0.408 e. The Labute approximate surface area is 146 Å². The fourth-order valence-corrected chi connectivity index (χ4v) is 4.05. The van der Waals surface area contributed by atoms with E-state index >= 15 is 0 Å². The zero-order valence-corrected chi connectivity index (χ0v) is 14.4. The molecule has 1 amide bonds. The van der Waals surface area contributed by atoms with Gasteiger partial charge in [-0.05, 0) is 24.8 Å². The maximum Gasteiger partial charge on any atom is 0.408 e. The van der Waals surface area contributed by atoms with Gasteiger partial charge in [-0.3, -0.25) is 4.90 Å². The number of rotatable bonds is 6. The van der Waals surface area contributed by atoms with Gasteiger partial charge in [0.15, 0.2) is 0 Å². The van der Waals surface area contributed by atoms with Crippen LogP contribution >= 0.6 is 0 Å². The molecule has 1 aromatic rings. The summed E-state index contributed by atoms with van der Waals surface area (Å²) in [7, 11) is 0. The fraction of sp³-hybridized carbons (Fsp3) is 0.421. The first kappa shape index (κ1) is 18.7. The van der Waals surface area contributed by atoms with E-state index in [-0.39, 0.29) is 12.5 Å². The highest BCUT2D eigenvalue weighted by atomic mass is 16.4. The third-order valence-corrected chi connectivity index (χ3v) is 5.37. The van der Waals surface area contributed by atoms with Crippen LogP contribution in [-0.4, -0.2) is 46.0 Å². The predicted octanol–water partition coefficient (Wildman–Crippen LogP) is 2.69. The molecule has 0 spiro atoms. The zero-order valence-electron chi connectivity index (χ0n) is 14.4. The van der Waals surface area contributed by atoms with Crippen LogP contribution in [0.2, 0.25) is 0 Å². The van der Waals surface area contributed by atoms with Gasteiger partial charge in [-0.15, -0.1) is 0 Å². The predicted molar refractivity (Wildman–Crippen MR) is 92.3 cm³/mol. The second kappa shape index (κ2) is 7.09. The van der Waals surface area contributed by atoms with Gasteiger partial charge in [0.25, 0.3) is 0 Å². The quantitative estimate of drug-likeness (QED) is 0.610. The molecular formula is C19H23NO5. The minimum atomic E-state index is -1.33. The summed E-state index contributed by atoms with van der Waals surface area (Å²) in [6.07, 6.45) is -0.156. The van der Waals surface area contributed by atoms with Crippen LogP contribution in [0.25, 0.3) is 0 Å². The van der Waals surface area contributed by atoms with Crippen LogP contribution in [0.15, 0.2) is 42.5 Å². The summed E-state index contributed by atoms with van der Waals surface area (Å²) >= 11 is 0. The van der Waals surface area contributed by atoms with E-state index in [4.69, 9.17) is 0 Å². The van der Waals surface area contributed by atoms with E-state index in [1.165, 1.54) is 0 Å². The number of carbonyl (C=O) groups excluding carboxylic acids is 1. The number of benzene rings is 1. The molecule has 1 aliphatic rings. The van der Waals surface area contributed by atoms with E-state index in [9.17, 15) is 24.6 Å². The number of carboxylic acids is 1. The first-order valence-electron chi connectivity index (χ1n) is 8.10. The van der Waals surface area contributed by atoms with Gasteiger partial charge in [0, 0.05) is 17.9 Å². The number of carboxylic acid groups (broad SMARTS) is 2. The van der Waals surface area contributed by atoms with E-state index in [0.29, 0.717) is 12.7 Å². The number of carbonyl (C=O) groups is 3. The topological polar surface area (TPSA) is 94.9 Å². The Kier molecular flexibility index (Phi) is 5.30. The molecule has 2 rings (SSSR count). The average Bonchev–Trinajstić information content (AvgIpc) is 2.87. The Morgan fingerprint density at radius 3 is 2.40 bits per heavy atom. The molecule has 0 aliphatic carbocycles. The Hall–Kier alpha value is -2.63. The van der Waals surface area contributed by atoms with E-state index in [1.54, 1.807) is 13.8 Å². The monoisotopic (exact) mass is 345 g/mol. The number of aldehydes is 1. The van der Waals surface area contributed by atoms with E-state index in [1.807, 2.05) is 30.3 Å². The number of likely N-dealkylation sites (tertiary alicyclic amines) is 1. The van der Waals surface area contributed by atoms with Crippen molar-refractivity contribution >= 4 is 18.3 Å². The van der Waals surface area contributed by atoms with Gasteiger partial charge < -0.3 is 15.0 Å². The minimum Gasteiger partial charge on any atom is -0.480 e. The number of amides is 1. The maximum atomic E-state index is 11.9. The van der Waals surface area contributed by atoms with Crippen LogP contribution in [-0.2, 0) is 16.0 Å². The highest BCUT2D eigenvalue weighted by molar-refractivity contribution is 5.83. The minimum absolute atomic E-state index is 0.120. The molecule has 0 saturated carbocycles. The lowest BCUT2D eigenvalue weighted by atomic mass is 9.62. The first-order chi connectivity index (χ1) is 11.7. The standard InChI is InChI=1S/C19H23NO5/c1-12(2)15(9-13-7-5-4-6-8-13)19(3)14(11-21)10-20(18(24)25)16(19)17(22)23/h4-8,11,14-16H,1,9-10H2,2-3H3,(H,22,23)(H,24,25)/t14?,15-,16?,19?/m1/s1. The molecule has 2 N–H and O–H groups in total. The lowest BCUT2D eigenvalue weighted by Gasteiger charge is -2.41. The Balaban J connectivity index is 2.53. The van der Waals surface area contributed by atoms with Crippen LogP contribution in [0.1, 0.15) is 19.4 Å². The van der Waals surface area contributed by atoms with E-state index in [0.717, 1.165) is 16.0 Å². The van der Waals surface area contributed by atoms with Crippen LogP contribution in [0.4, 0.5) is 4.79 Å². The third-order valence-electron chi connectivity index (χ3n) is 5.37. The molecule has 4 atom stereocenters. The van der Waals surface area contributed by atoms with Gasteiger partial charge in [-0.1, -0.05) is 49.4 Å². The summed E-state index contributed by atoms with van der Waals surface area (Å²) in [5, 5.41) is 19.1. The molecule has 25 heavy (non-hydrogen) atoms. The molecule has 1 aliphatic heterocycles. The van der Waals surface area contributed by atoms with Gasteiger partial charge in [0.2, 0.25) is 0 Å². The number of hydrogen-bond donors (Lipinski definition) is 2. The van der Waals surface area contributed by atoms with Crippen molar-refractivity contribution in [2.45, 2.75) is 26.3 Å². The largest absolute Gasteiger partial charge is 0.480 e. The molecule has 1 fully saturated rings. The van der Waals surface area contributed by atoms with Crippen molar-refractivity contribution < 1.29 is 24.6 Å². The molecule has 3 unspecified atom stereocenters. The summed E-state index contributed by atoms with van der Waals surface area (Å²) < 4.78 is 0. The maximum absolute atomic E-state index is 11.9. The van der Waals surface area contributed by atoms with Crippen molar-refractivity contribution in [1.29, 1.82) is 0 Å². The second-order valence-corrected chi connectivity index (χ2v) is 6.87. The molecule has 6 heteroatoms. The average molecular weight is 345 g/mol. The van der Waals surface area contributed by atoms with Gasteiger partial charge >= 0.3 is 12.1 Å². The highest BCUT2D eigenvalue weighted by Gasteiger charge is 2.59. The van der Waals surface area contributed by atoms with Gasteiger partial charge in [0.05, 0.1) is 0 Å². The van der Waals surface area contributed by atoms with Crippen molar-refractivity contribution in [1.82, 2.24) is 4.90 Å². The van der Waals surface area contributed by atoms with Crippen LogP contribution in [0, 0.1) is 17.3 Å².